The first-order valence-electron chi connectivity index (χ1n) is 8.23. The largest absolute Gasteiger partial charge is 0.356 e. The number of benzene rings is 2. The highest BCUT2D eigenvalue weighted by molar-refractivity contribution is 7.71. The van der Waals surface area contributed by atoms with E-state index in [1.807, 2.05) is 72.2 Å². The fraction of sp³-hybridized carbons (Fsp3) is 0.200. The Hall–Kier alpha value is -2.50. The fourth-order valence-electron chi connectivity index (χ4n) is 2.82. The number of nitrogens with zero attached hydrogens (tertiary/aromatic N) is 1. The molecular formula is C20H20N2O2S. The predicted molar refractivity (Wildman–Crippen MR) is 102 cm³/mol. The molecular weight excluding hydrogens is 332 g/mol. The van der Waals surface area contributed by atoms with Crippen molar-refractivity contribution in [3.8, 4) is 11.3 Å². The van der Waals surface area contributed by atoms with E-state index < -0.39 is 0 Å². The number of aromatic nitrogens is 2. The first kappa shape index (κ1) is 17.3. The fourth-order valence-corrected chi connectivity index (χ4v) is 3.06. The Kier molecular flexibility index (Phi) is 5.58. The van der Waals surface area contributed by atoms with Crippen LogP contribution in [-0.2, 0) is 24.5 Å². The molecule has 3 rings (SSSR count). The molecule has 1 heterocycles. The van der Waals surface area contributed by atoms with Gasteiger partial charge in [-0.1, -0.05) is 67.6 Å². The van der Waals surface area contributed by atoms with E-state index in [-0.39, 0.29) is 12.3 Å². The predicted octanol–water partition coefficient (Wildman–Crippen LogP) is 4.31. The van der Waals surface area contributed by atoms with Gasteiger partial charge in [0.1, 0.15) is 6.73 Å². The highest BCUT2D eigenvalue weighted by Gasteiger charge is 2.14. The number of hydrogen-bond acceptors (Lipinski definition) is 3. The number of H-pyrrole nitrogens is 1. The van der Waals surface area contributed by atoms with E-state index in [4.69, 9.17) is 17.0 Å². The molecule has 1 aromatic heterocycles. The molecule has 0 bridgehead atoms. The van der Waals surface area contributed by atoms with Crippen molar-refractivity contribution in [2.75, 3.05) is 0 Å². The number of hydrogen-bond donors (Lipinski definition) is 1. The summed E-state index contributed by atoms with van der Waals surface area (Å²) >= 11 is 5.39. The minimum atomic E-state index is -0.134. The van der Waals surface area contributed by atoms with Crippen molar-refractivity contribution in [3.05, 3.63) is 86.9 Å². The SMILES string of the molecule is CCc1c(-c2ccccc2)n(COCc2ccccc2)c(=S)[nH]c1=O. The Labute approximate surface area is 151 Å². The standard InChI is InChI=1S/C20H20N2O2S/c1-2-17-18(16-11-7-4-8-12-16)22(20(25)21-19(17)23)14-24-13-15-9-5-3-6-10-15/h3-12H,2,13-14H2,1H3,(H,21,23,25). The monoisotopic (exact) mass is 352 g/mol. The molecule has 0 aliphatic rings. The molecule has 0 saturated carbocycles. The van der Waals surface area contributed by atoms with E-state index in [0.29, 0.717) is 23.4 Å². The summed E-state index contributed by atoms with van der Waals surface area (Å²) in [5.41, 5.74) is 3.45. The summed E-state index contributed by atoms with van der Waals surface area (Å²) in [6, 6.07) is 19.8. The van der Waals surface area contributed by atoms with Crippen LogP contribution in [0.15, 0.2) is 65.5 Å². The molecule has 1 N–H and O–H groups in total. The van der Waals surface area contributed by atoms with Gasteiger partial charge in [-0.2, -0.15) is 0 Å². The third-order valence-electron chi connectivity index (χ3n) is 4.03. The van der Waals surface area contributed by atoms with Crippen molar-refractivity contribution in [2.45, 2.75) is 26.7 Å². The summed E-state index contributed by atoms with van der Waals surface area (Å²) in [5, 5.41) is 0. The van der Waals surface area contributed by atoms with Crippen molar-refractivity contribution < 1.29 is 4.74 Å². The van der Waals surface area contributed by atoms with Crippen molar-refractivity contribution in [1.82, 2.24) is 9.55 Å². The molecule has 2 aromatic carbocycles. The Bertz CT molecular complexity index is 947. The van der Waals surface area contributed by atoms with E-state index in [1.54, 1.807) is 0 Å². The zero-order valence-electron chi connectivity index (χ0n) is 14.1. The lowest BCUT2D eigenvalue weighted by molar-refractivity contribution is 0.0630. The summed E-state index contributed by atoms with van der Waals surface area (Å²) in [6.07, 6.45) is 0.619. The summed E-state index contributed by atoms with van der Waals surface area (Å²) in [5.74, 6) is 0. The Morgan fingerprint density at radius 2 is 1.68 bits per heavy atom. The van der Waals surface area contributed by atoms with Crippen LogP contribution in [0.1, 0.15) is 18.1 Å². The van der Waals surface area contributed by atoms with Crippen LogP contribution in [0, 0.1) is 4.77 Å². The second-order valence-corrected chi connectivity index (χ2v) is 6.08. The minimum Gasteiger partial charge on any atom is -0.356 e. The molecule has 0 aliphatic heterocycles. The Balaban J connectivity index is 1.97. The van der Waals surface area contributed by atoms with Crippen molar-refractivity contribution in [2.24, 2.45) is 0 Å². The number of nitrogens with one attached hydrogen (secondary N) is 1. The lowest BCUT2D eigenvalue weighted by Gasteiger charge is -2.17. The smallest absolute Gasteiger partial charge is 0.255 e. The molecule has 0 fully saturated rings. The lowest BCUT2D eigenvalue weighted by Crippen LogP contribution is -2.22. The summed E-state index contributed by atoms with van der Waals surface area (Å²) in [7, 11) is 0. The molecule has 0 aliphatic carbocycles. The van der Waals surface area contributed by atoms with E-state index in [2.05, 4.69) is 4.98 Å². The van der Waals surface area contributed by atoms with Crippen LogP contribution in [0.2, 0.25) is 0 Å². The second-order valence-electron chi connectivity index (χ2n) is 5.70. The number of rotatable bonds is 6. The molecule has 4 nitrogen and oxygen atoms in total. The summed E-state index contributed by atoms with van der Waals surface area (Å²) in [6.45, 7) is 2.73. The molecule has 0 radical (unpaired) electrons. The molecule has 0 amide bonds. The first-order chi connectivity index (χ1) is 12.2. The normalized spacial score (nSPS) is 10.8. The minimum absolute atomic E-state index is 0.134. The van der Waals surface area contributed by atoms with E-state index >= 15 is 0 Å². The van der Waals surface area contributed by atoms with Crippen LogP contribution in [-0.4, -0.2) is 9.55 Å². The maximum absolute atomic E-state index is 12.3. The van der Waals surface area contributed by atoms with Gasteiger partial charge in [0.15, 0.2) is 4.77 Å². The highest BCUT2D eigenvalue weighted by atomic mass is 32.1. The molecule has 0 unspecified atom stereocenters. The van der Waals surface area contributed by atoms with Crippen LogP contribution in [0.3, 0.4) is 0 Å². The molecule has 0 atom stereocenters. The quantitative estimate of drug-likeness (QED) is 0.673. The lowest BCUT2D eigenvalue weighted by atomic mass is 10.1. The topological polar surface area (TPSA) is 47.0 Å². The average molecular weight is 352 g/mol. The summed E-state index contributed by atoms with van der Waals surface area (Å²) in [4.78, 5) is 15.1. The van der Waals surface area contributed by atoms with Crippen molar-refractivity contribution in [1.29, 1.82) is 0 Å². The van der Waals surface area contributed by atoms with E-state index in [1.165, 1.54) is 0 Å². The van der Waals surface area contributed by atoms with Crippen LogP contribution in [0.25, 0.3) is 11.3 Å². The number of aromatic amines is 1. The van der Waals surface area contributed by atoms with Crippen LogP contribution >= 0.6 is 12.2 Å². The van der Waals surface area contributed by atoms with Crippen LogP contribution < -0.4 is 5.56 Å². The van der Waals surface area contributed by atoms with Gasteiger partial charge in [0.05, 0.1) is 12.3 Å². The zero-order valence-corrected chi connectivity index (χ0v) is 14.9. The molecule has 128 valence electrons. The van der Waals surface area contributed by atoms with Gasteiger partial charge < -0.3 is 4.74 Å². The highest BCUT2D eigenvalue weighted by Crippen LogP contribution is 2.22. The van der Waals surface area contributed by atoms with Gasteiger partial charge in [-0.15, -0.1) is 0 Å². The van der Waals surface area contributed by atoms with Gasteiger partial charge >= 0.3 is 0 Å². The molecule has 0 saturated heterocycles. The van der Waals surface area contributed by atoms with Gasteiger partial charge in [0.25, 0.3) is 5.56 Å². The maximum atomic E-state index is 12.3. The van der Waals surface area contributed by atoms with Crippen LogP contribution in [0.4, 0.5) is 0 Å². The molecule has 25 heavy (non-hydrogen) atoms. The van der Waals surface area contributed by atoms with Crippen LogP contribution in [0.5, 0.6) is 0 Å². The third kappa shape index (κ3) is 3.95. The summed E-state index contributed by atoms with van der Waals surface area (Å²) < 4.78 is 8.09. The van der Waals surface area contributed by atoms with Gasteiger partial charge in [0.2, 0.25) is 0 Å². The Morgan fingerprint density at radius 3 is 2.32 bits per heavy atom. The Morgan fingerprint density at radius 1 is 1.04 bits per heavy atom. The van der Waals surface area contributed by atoms with E-state index in [0.717, 1.165) is 16.8 Å². The zero-order chi connectivity index (χ0) is 17.6. The van der Waals surface area contributed by atoms with Crippen molar-refractivity contribution in [3.63, 3.8) is 0 Å². The second kappa shape index (κ2) is 8.05. The van der Waals surface area contributed by atoms with Crippen molar-refractivity contribution >= 4 is 12.2 Å². The first-order valence-corrected chi connectivity index (χ1v) is 8.64. The van der Waals surface area contributed by atoms with Gasteiger partial charge in [-0.25, -0.2) is 0 Å². The average Bonchev–Trinajstić information content (AvgIpc) is 2.64. The molecule has 5 heteroatoms. The van der Waals surface area contributed by atoms with Gasteiger partial charge in [0, 0.05) is 5.56 Å². The third-order valence-corrected chi connectivity index (χ3v) is 4.35. The van der Waals surface area contributed by atoms with Gasteiger partial charge in [-0.3, -0.25) is 14.3 Å². The van der Waals surface area contributed by atoms with Gasteiger partial charge in [-0.05, 0) is 29.8 Å². The number of ether oxygens (including phenoxy) is 1. The molecule has 0 spiro atoms. The van der Waals surface area contributed by atoms with E-state index in [9.17, 15) is 4.79 Å². The molecule has 3 aromatic rings. The maximum Gasteiger partial charge on any atom is 0.255 e.